The second-order valence-electron chi connectivity index (χ2n) is 4.62. The molecule has 0 aliphatic heterocycles. The SMILES string of the molecule is CCCCC=C(C)C(C)CC(C)C. The van der Waals surface area contributed by atoms with Gasteiger partial charge in [-0.25, -0.2) is 0 Å². The number of unbranched alkanes of at least 4 members (excludes halogenated alkanes) is 2. The molecule has 0 nitrogen and oxygen atoms in total. The Bertz CT molecular complexity index is 142. The Hall–Kier alpha value is -0.260. The third-order valence-corrected chi connectivity index (χ3v) is 2.63. The minimum Gasteiger partial charge on any atom is -0.0853 e. The number of hydrogen-bond donors (Lipinski definition) is 0. The number of hydrogen-bond acceptors (Lipinski definition) is 0. The predicted molar refractivity (Wildman–Crippen MR) is 61.9 cm³/mol. The Balaban J connectivity index is 3.79. The molecule has 1 atom stereocenters. The molecule has 0 radical (unpaired) electrons. The minimum atomic E-state index is 0.775. The van der Waals surface area contributed by atoms with Crippen LogP contribution in [0.3, 0.4) is 0 Å². The van der Waals surface area contributed by atoms with Gasteiger partial charge in [-0.2, -0.15) is 0 Å². The summed E-state index contributed by atoms with van der Waals surface area (Å²) >= 11 is 0. The number of allylic oxidation sites excluding steroid dienone is 2. The van der Waals surface area contributed by atoms with Crippen molar-refractivity contribution >= 4 is 0 Å². The maximum Gasteiger partial charge on any atom is -0.0232 e. The second-order valence-corrected chi connectivity index (χ2v) is 4.62. The molecule has 13 heavy (non-hydrogen) atoms. The molecular weight excluding hydrogens is 156 g/mol. The monoisotopic (exact) mass is 182 g/mol. The topological polar surface area (TPSA) is 0 Å². The van der Waals surface area contributed by atoms with E-state index in [1.54, 1.807) is 5.57 Å². The van der Waals surface area contributed by atoms with Gasteiger partial charge in [-0.05, 0) is 31.6 Å². The van der Waals surface area contributed by atoms with Gasteiger partial charge >= 0.3 is 0 Å². The molecule has 0 aromatic carbocycles. The van der Waals surface area contributed by atoms with Crippen molar-refractivity contribution in [2.24, 2.45) is 11.8 Å². The van der Waals surface area contributed by atoms with Crippen molar-refractivity contribution in [3.8, 4) is 0 Å². The third kappa shape index (κ3) is 6.86. The summed E-state index contributed by atoms with van der Waals surface area (Å²) in [5.41, 5.74) is 1.59. The van der Waals surface area contributed by atoms with Crippen LogP contribution in [-0.4, -0.2) is 0 Å². The van der Waals surface area contributed by atoms with Crippen LogP contribution < -0.4 is 0 Å². The Morgan fingerprint density at radius 1 is 1.23 bits per heavy atom. The lowest BCUT2D eigenvalue weighted by atomic mass is 9.92. The van der Waals surface area contributed by atoms with E-state index in [1.807, 2.05) is 0 Å². The summed E-state index contributed by atoms with van der Waals surface area (Å²) in [7, 11) is 0. The van der Waals surface area contributed by atoms with Crippen molar-refractivity contribution in [1.82, 2.24) is 0 Å². The van der Waals surface area contributed by atoms with Crippen molar-refractivity contribution < 1.29 is 0 Å². The third-order valence-electron chi connectivity index (χ3n) is 2.63. The lowest BCUT2D eigenvalue weighted by molar-refractivity contribution is 0.484. The smallest absolute Gasteiger partial charge is 0.0232 e. The van der Waals surface area contributed by atoms with Crippen LogP contribution in [0.4, 0.5) is 0 Å². The molecule has 0 N–H and O–H groups in total. The Kier molecular flexibility index (Phi) is 7.03. The highest BCUT2D eigenvalue weighted by Gasteiger charge is 2.05. The van der Waals surface area contributed by atoms with E-state index < -0.39 is 0 Å². The summed E-state index contributed by atoms with van der Waals surface area (Å²) < 4.78 is 0. The molecule has 0 fully saturated rings. The van der Waals surface area contributed by atoms with Gasteiger partial charge in [-0.3, -0.25) is 0 Å². The zero-order chi connectivity index (χ0) is 10.3. The van der Waals surface area contributed by atoms with Gasteiger partial charge in [0.1, 0.15) is 0 Å². The van der Waals surface area contributed by atoms with Crippen molar-refractivity contribution in [2.75, 3.05) is 0 Å². The van der Waals surface area contributed by atoms with Crippen LogP contribution in [0.2, 0.25) is 0 Å². The molecule has 0 aliphatic rings. The Morgan fingerprint density at radius 3 is 2.31 bits per heavy atom. The van der Waals surface area contributed by atoms with Gasteiger partial charge in [0.2, 0.25) is 0 Å². The van der Waals surface area contributed by atoms with Gasteiger partial charge < -0.3 is 0 Å². The molecule has 0 heteroatoms. The van der Waals surface area contributed by atoms with Crippen molar-refractivity contribution in [2.45, 2.75) is 60.3 Å². The zero-order valence-corrected chi connectivity index (χ0v) is 10.1. The summed E-state index contributed by atoms with van der Waals surface area (Å²) in [5, 5.41) is 0. The molecule has 0 aliphatic carbocycles. The van der Waals surface area contributed by atoms with Crippen LogP contribution in [0.5, 0.6) is 0 Å². The quantitative estimate of drug-likeness (QED) is 0.408. The van der Waals surface area contributed by atoms with Crippen molar-refractivity contribution in [3.63, 3.8) is 0 Å². The summed E-state index contributed by atoms with van der Waals surface area (Å²) in [6.07, 6.45) is 7.67. The maximum absolute atomic E-state index is 2.43. The first-order chi connectivity index (χ1) is 6.07. The largest absolute Gasteiger partial charge is 0.0853 e. The molecule has 0 rings (SSSR count). The Morgan fingerprint density at radius 2 is 1.85 bits per heavy atom. The molecule has 0 amide bonds. The van der Waals surface area contributed by atoms with Gasteiger partial charge in [-0.1, -0.05) is 52.2 Å². The maximum atomic E-state index is 2.43. The van der Waals surface area contributed by atoms with E-state index in [0.717, 1.165) is 11.8 Å². The molecule has 0 aromatic heterocycles. The van der Waals surface area contributed by atoms with Crippen molar-refractivity contribution in [1.29, 1.82) is 0 Å². The first-order valence-electron chi connectivity index (χ1n) is 5.74. The minimum absolute atomic E-state index is 0.775. The summed E-state index contributed by atoms with van der Waals surface area (Å²) in [6, 6.07) is 0. The van der Waals surface area contributed by atoms with E-state index in [2.05, 4.69) is 40.7 Å². The van der Waals surface area contributed by atoms with Crippen LogP contribution in [-0.2, 0) is 0 Å². The molecule has 0 bridgehead atoms. The molecule has 78 valence electrons. The van der Waals surface area contributed by atoms with Crippen LogP contribution in [0.25, 0.3) is 0 Å². The summed E-state index contributed by atoms with van der Waals surface area (Å²) in [5.74, 6) is 1.60. The normalized spacial score (nSPS) is 15.1. The van der Waals surface area contributed by atoms with E-state index in [-0.39, 0.29) is 0 Å². The fourth-order valence-corrected chi connectivity index (χ4v) is 1.63. The molecule has 0 saturated carbocycles. The average Bonchev–Trinajstić information content (AvgIpc) is 2.03. The second kappa shape index (κ2) is 7.17. The van der Waals surface area contributed by atoms with E-state index in [1.165, 1.54) is 25.7 Å². The highest BCUT2D eigenvalue weighted by atomic mass is 14.1. The Labute approximate surface area is 84.4 Å². The number of rotatable bonds is 6. The van der Waals surface area contributed by atoms with Crippen molar-refractivity contribution in [3.05, 3.63) is 11.6 Å². The summed E-state index contributed by atoms with van der Waals surface area (Å²) in [6.45, 7) is 11.5. The first-order valence-corrected chi connectivity index (χ1v) is 5.74. The first kappa shape index (κ1) is 12.7. The highest BCUT2D eigenvalue weighted by molar-refractivity contribution is 5.02. The van der Waals surface area contributed by atoms with E-state index >= 15 is 0 Å². The van der Waals surface area contributed by atoms with E-state index in [9.17, 15) is 0 Å². The predicted octanol–water partition coefficient (Wildman–Crippen LogP) is 4.81. The zero-order valence-electron chi connectivity index (χ0n) is 10.1. The lowest BCUT2D eigenvalue weighted by Crippen LogP contribution is -2.01. The highest BCUT2D eigenvalue weighted by Crippen LogP contribution is 2.19. The molecular formula is C13H26. The van der Waals surface area contributed by atoms with Gasteiger partial charge in [-0.15, -0.1) is 0 Å². The fraction of sp³-hybridized carbons (Fsp3) is 0.846. The molecule has 0 heterocycles. The molecule has 1 unspecified atom stereocenters. The average molecular weight is 182 g/mol. The van der Waals surface area contributed by atoms with Crippen LogP contribution in [0, 0.1) is 11.8 Å². The van der Waals surface area contributed by atoms with Crippen LogP contribution in [0.15, 0.2) is 11.6 Å². The standard InChI is InChI=1S/C13H26/c1-6-7-8-9-12(4)13(5)10-11(2)3/h9,11,13H,6-8,10H2,1-5H3. The van der Waals surface area contributed by atoms with Gasteiger partial charge in [0, 0.05) is 0 Å². The van der Waals surface area contributed by atoms with E-state index in [0.29, 0.717) is 0 Å². The van der Waals surface area contributed by atoms with Gasteiger partial charge in [0.15, 0.2) is 0 Å². The fourth-order valence-electron chi connectivity index (χ4n) is 1.63. The van der Waals surface area contributed by atoms with E-state index in [4.69, 9.17) is 0 Å². The molecule has 0 spiro atoms. The summed E-state index contributed by atoms with van der Waals surface area (Å²) in [4.78, 5) is 0. The molecule has 0 aromatic rings. The lowest BCUT2D eigenvalue weighted by Gasteiger charge is -2.14. The van der Waals surface area contributed by atoms with Gasteiger partial charge in [0.05, 0.1) is 0 Å². The molecule has 0 saturated heterocycles. The van der Waals surface area contributed by atoms with Crippen LogP contribution >= 0.6 is 0 Å². The van der Waals surface area contributed by atoms with Gasteiger partial charge in [0.25, 0.3) is 0 Å². The van der Waals surface area contributed by atoms with Crippen LogP contribution in [0.1, 0.15) is 60.3 Å².